The molecule has 1 N–H and O–H groups in total. The summed E-state index contributed by atoms with van der Waals surface area (Å²) in [4.78, 5) is 12.2. The highest BCUT2D eigenvalue weighted by atomic mass is 32.1. The maximum atomic E-state index is 12.5. The molecule has 0 saturated carbocycles. The Bertz CT molecular complexity index is 880. The number of aromatic nitrogens is 4. The summed E-state index contributed by atoms with van der Waals surface area (Å²) in [5.74, 6) is 1.14. The second kappa shape index (κ2) is 7.24. The van der Waals surface area contributed by atoms with Gasteiger partial charge in [-0.1, -0.05) is 0 Å². The molecule has 0 bridgehead atoms. The lowest BCUT2D eigenvalue weighted by molar-refractivity contribution is -0.137. The van der Waals surface area contributed by atoms with Gasteiger partial charge in [-0.2, -0.15) is 22.5 Å². The maximum absolute atomic E-state index is 12.5. The number of nitrogens with zero attached hydrogens (tertiary/aromatic N) is 4. The van der Waals surface area contributed by atoms with E-state index in [4.69, 9.17) is 4.74 Å². The third-order valence-corrected chi connectivity index (χ3v) is 3.64. The van der Waals surface area contributed by atoms with Crippen molar-refractivity contribution in [3.8, 4) is 17.3 Å². The van der Waals surface area contributed by atoms with Crippen LogP contribution in [0.4, 0.5) is 24.1 Å². The van der Waals surface area contributed by atoms with Crippen molar-refractivity contribution in [3.05, 3.63) is 42.2 Å². The molecule has 26 heavy (non-hydrogen) atoms. The van der Waals surface area contributed by atoms with Gasteiger partial charge < -0.3 is 10.1 Å². The van der Waals surface area contributed by atoms with Gasteiger partial charge in [0.05, 0.1) is 11.7 Å². The zero-order valence-electron chi connectivity index (χ0n) is 13.7. The number of pyridine rings is 2. The van der Waals surface area contributed by atoms with Gasteiger partial charge in [-0.15, -0.1) is 0 Å². The van der Waals surface area contributed by atoms with Gasteiger partial charge in [0.15, 0.2) is 5.82 Å². The number of hydrogen-bond donors (Lipinski definition) is 1. The molecule has 0 amide bonds. The average molecular weight is 380 g/mol. The molecule has 0 spiro atoms. The maximum Gasteiger partial charge on any atom is 0.417 e. The fourth-order valence-corrected chi connectivity index (χ4v) is 2.51. The van der Waals surface area contributed by atoms with Crippen LogP contribution in [0.15, 0.2) is 30.6 Å². The van der Waals surface area contributed by atoms with Gasteiger partial charge in [-0.05, 0) is 26.0 Å². The molecule has 3 aromatic rings. The molecule has 0 unspecified atom stereocenters. The summed E-state index contributed by atoms with van der Waals surface area (Å²) in [7, 11) is 0. The van der Waals surface area contributed by atoms with E-state index in [1.165, 1.54) is 0 Å². The largest absolute Gasteiger partial charge is 0.491 e. The fraction of sp³-hybridized carbons (Fsp3) is 0.250. The molecule has 0 aromatic carbocycles. The first-order valence-electron chi connectivity index (χ1n) is 7.50. The van der Waals surface area contributed by atoms with Gasteiger partial charge in [0.2, 0.25) is 5.13 Å². The molecule has 1 radical (unpaired) electrons. The molecule has 3 heterocycles. The van der Waals surface area contributed by atoms with E-state index in [1.807, 2.05) is 13.8 Å². The van der Waals surface area contributed by atoms with E-state index in [0.717, 1.165) is 23.8 Å². The minimum Gasteiger partial charge on any atom is -0.491 e. The van der Waals surface area contributed by atoms with Crippen LogP contribution in [-0.4, -0.2) is 25.4 Å². The number of anilines is 2. The molecule has 6 nitrogen and oxygen atoms in total. The summed E-state index contributed by atoms with van der Waals surface area (Å²) in [6.45, 7) is 3.83. The monoisotopic (exact) mass is 380 g/mol. The molecule has 0 aliphatic carbocycles. The van der Waals surface area contributed by atoms with Crippen LogP contribution in [0.2, 0.25) is 0 Å². The normalized spacial score (nSPS) is 11.6. The molecule has 0 atom stereocenters. The number of ether oxygens (including phenoxy) is 1. The molecule has 3 rings (SSSR count). The second-order valence-electron chi connectivity index (χ2n) is 5.44. The van der Waals surface area contributed by atoms with Crippen molar-refractivity contribution in [3.63, 3.8) is 0 Å². The van der Waals surface area contributed by atoms with Gasteiger partial charge in [0.1, 0.15) is 17.3 Å². The summed E-state index contributed by atoms with van der Waals surface area (Å²) in [6, 6.07) is 6.71. The van der Waals surface area contributed by atoms with E-state index in [2.05, 4.69) is 30.7 Å². The van der Waals surface area contributed by atoms with Crippen LogP contribution >= 0.6 is 11.5 Å². The first-order valence-corrected chi connectivity index (χ1v) is 8.27. The summed E-state index contributed by atoms with van der Waals surface area (Å²) in [6.07, 6.45) is -2.11. The quantitative estimate of drug-likeness (QED) is 0.710. The minimum absolute atomic E-state index is 0.0205. The van der Waals surface area contributed by atoms with E-state index >= 15 is 0 Å². The van der Waals surface area contributed by atoms with Gasteiger partial charge in [-0.3, -0.25) is 4.98 Å². The van der Waals surface area contributed by atoms with Gasteiger partial charge >= 0.3 is 6.18 Å². The van der Waals surface area contributed by atoms with Gasteiger partial charge in [0.25, 0.3) is 0 Å². The van der Waals surface area contributed by atoms with E-state index < -0.39 is 11.7 Å². The van der Waals surface area contributed by atoms with Crippen LogP contribution < -0.4 is 10.1 Å². The van der Waals surface area contributed by atoms with E-state index in [-0.39, 0.29) is 11.9 Å². The molecular formula is C16H13F3N5OS. The van der Waals surface area contributed by atoms with Gasteiger partial charge in [-0.25, -0.2) is 4.98 Å². The zero-order valence-corrected chi connectivity index (χ0v) is 14.5. The Labute approximate surface area is 151 Å². The van der Waals surface area contributed by atoms with Crippen molar-refractivity contribution in [2.45, 2.75) is 26.1 Å². The number of hydrogen-bond acceptors (Lipinski definition) is 7. The third-order valence-electron chi connectivity index (χ3n) is 3.01. The van der Waals surface area contributed by atoms with E-state index in [9.17, 15) is 13.2 Å². The average Bonchev–Trinajstić information content (AvgIpc) is 3.03. The van der Waals surface area contributed by atoms with E-state index in [0.29, 0.717) is 22.4 Å². The molecule has 3 aromatic heterocycles. The molecule has 0 aliphatic rings. The first-order chi connectivity index (χ1) is 12.3. The topological polar surface area (TPSA) is 72.8 Å². The van der Waals surface area contributed by atoms with Crippen LogP contribution in [0.5, 0.6) is 5.75 Å². The standard InChI is InChI=1S/C16H13F3N5OS/c1-9(2)25-11-5-6-20-12(7-11)14-23-15(26-24-14)22-13-4-3-10(8-21-13)16(17,18)19/h3,5-9H,1-2H3,(H,21,22,23,24). The van der Waals surface area contributed by atoms with Crippen molar-refractivity contribution in [1.82, 2.24) is 19.3 Å². The Hall–Kier alpha value is -2.75. The summed E-state index contributed by atoms with van der Waals surface area (Å²) >= 11 is 1.03. The fourth-order valence-electron chi connectivity index (χ4n) is 1.94. The van der Waals surface area contributed by atoms with Crippen LogP contribution in [0.1, 0.15) is 19.4 Å². The van der Waals surface area contributed by atoms with Gasteiger partial charge in [0, 0.05) is 36.1 Å². The number of halogens is 3. The second-order valence-corrected chi connectivity index (χ2v) is 6.19. The van der Waals surface area contributed by atoms with Crippen LogP contribution in [0.25, 0.3) is 11.5 Å². The predicted molar refractivity (Wildman–Crippen MR) is 90.3 cm³/mol. The molecule has 0 fully saturated rings. The minimum atomic E-state index is -4.45. The molecule has 0 saturated heterocycles. The highest BCUT2D eigenvalue weighted by Crippen LogP contribution is 2.29. The van der Waals surface area contributed by atoms with Crippen molar-refractivity contribution >= 4 is 22.5 Å². The lowest BCUT2D eigenvalue weighted by atomic mass is 10.3. The first kappa shape index (κ1) is 18.1. The molecule has 10 heteroatoms. The Morgan fingerprint density at radius 3 is 2.73 bits per heavy atom. The van der Waals surface area contributed by atoms with Crippen LogP contribution in [-0.2, 0) is 6.18 Å². The summed E-state index contributed by atoms with van der Waals surface area (Å²) < 4.78 is 47.4. The Morgan fingerprint density at radius 1 is 1.27 bits per heavy atom. The van der Waals surface area contributed by atoms with Crippen molar-refractivity contribution in [2.24, 2.45) is 0 Å². The predicted octanol–water partition coefficient (Wildman–Crippen LogP) is 4.34. The van der Waals surface area contributed by atoms with Crippen molar-refractivity contribution < 1.29 is 17.9 Å². The number of nitrogens with one attached hydrogen (secondary N) is 1. The number of rotatable bonds is 5. The number of alkyl halides is 3. The molecule has 135 valence electrons. The molecular weight excluding hydrogens is 367 g/mol. The van der Waals surface area contributed by atoms with Crippen LogP contribution in [0, 0.1) is 6.07 Å². The zero-order chi connectivity index (χ0) is 18.7. The van der Waals surface area contributed by atoms with Crippen molar-refractivity contribution in [2.75, 3.05) is 5.32 Å². The SMILES string of the molecule is CC(C)Oc1ccnc(-c2nsc(Nc3[c]cc(C(F)(F)F)cn3)n2)c1. The highest BCUT2D eigenvalue weighted by molar-refractivity contribution is 7.09. The summed E-state index contributed by atoms with van der Waals surface area (Å²) in [5.41, 5.74) is -0.344. The lowest BCUT2D eigenvalue weighted by Crippen LogP contribution is -2.06. The summed E-state index contributed by atoms with van der Waals surface area (Å²) in [5, 5.41) is 3.13. The Kier molecular flexibility index (Phi) is 5.03. The van der Waals surface area contributed by atoms with E-state index in [1.54, 1.807) is 18.3 Å². The van der Waals surface area contributed by atoms with Crippen LogP contribution in [0.3, 0.4) is 0 Å². The third kappa shape index (κ3) is 4.45. The smallest absolute Gasteiger partial charge is 0.417 e. The highest BCUT2D eigenvalue weighted by Gasteiger charge is 2.30. The molecule has 0 aliphatic heterocycles. The lowest BCUT2D eigenvalue weighted by Gasteiger charge is -2.09. The Balaban J connectivity index is 1.74. The van der Waals surface area contributed by atoms with Crippen molar-refractivity contribution in [1.29, 1.82) is 0 Å². The Morgan fingerprint density at radius 2 is 2.08 bits per heavy atom.